The number of hydrogen-bond acceptors (Lipinski definition) is 4. The summed E-state index contributed by atoms with van der Waals surface area (Å²) in [5.74, 6) is -0.342. The first kappa shape index (κ1) is 20.7. The minimum Gasteiger partial charge on any atom is -0.385 e. The molecule has 3 N–H and O–H groups in total. The molecular formula is C20H24ClN3O3. The van der Waals surface area contributed by atoms with Crippen LogP contribution in [0.2, 0.25) is 5.02 Å². The maximum Gasteiger partial charge on any atom is 0.251 e. The van der Waals surface area contributed by atoms with Crippen LogP contribution >= 0.6 is 11.6 Å². The lowest BCUT2D eigenvalue weighted by Gasteiger charge is -2.10. The Morgan fingerprint density at radius 2 is 1.78 bits per heavy atom. The Hall–Kier alpha value is -2.57. The molecule has 0 saturated carbocycles. The Balaban J connectivity index is 1.80. The van der Waals surface area contributed by atoms with Crippen molar-refractivity contribution in [1.82, 2.24) is 5.32 Å². The Bertz CT molecular complexity index is 779. The van der Waals surface area contributed by atoms with Crippen LogP contribution in [0.3, 0.4) is 0 Å². The molecule has 0 aliphatic carbocycles. The lowest BCUT2D eigenvalue weighted by molar-refractivity contribution is -0.114. The van der Waals surface area contributed by atoms with Crippen LogP contribution in [0.1, 0.15) is 22.3 Å². The van der Waals surface area contributed by atoms with E-state index in [0.717, 1.165) is 17.7 Å². The van der Waals surface area contributed by atoms with E-state index in [4.69, 9.17) is 16.3 Å². The van der Waals surface area contributed by atoms with Crippen LogP contribution < -0.4 is 16.0 Å². The summed E-state index contributed by atoms with van der Waals surface area (Å²) in [6, 6.07) is 12.3. The van der Waals surface area contributed by atoms with Crippen molar-refractivity contribution in [3.05, 3.63) is 58.6 Å². The van der Waals surface area contributed by atoms with Crippen LogP contribution in [0.4, 0.5) is 11.4 Å². The van der Waals surface area contributed by atoms with E-state index < -0.39 is 0 Å². The normalized spacial score (nSPS) is 10.3. The van der Waals surface area contributed by atoms with Gasteiger partial charge in [-0.1, -0.05) is 17.7 Å². The van der Waals surface area contributed by atoms with Gasteiger partial charge >= 0.3 is 0 Å². The van der Waals surface area contributed by atoms with Gasteiger partial charge in [0.1, 0.15) is 0 Å². The van der Waals surface area contributed by atoms with Gasteiger partial charge in [-0.05, 0) is 55.3 Å². The maximum absolute atomic E-state index is 12.1. The molecule has 27 heavy (non-hydrogen) atoms. The number of carbonyl (C=O) groups is 2. The summed E-state index contributed by atoms with van der Waals surface area (Å²) in [6.45, 7) is 3.19. The van der Waals surface area contributed by atoms with Crippen LogP contribution in [0.5, 0.6) is 0 Å². The predicted molar refractivity (Wildman–Crippen MR) is 109 cm³/mol. The summed E-state index contributed by atoms with van der Waals surface area (Å²) in [7, 11) is 1.63. The second-order valence-corrected chi connectivity index (χ2v) is 6.45. The third-order valence-electron chi connectivity index (χ3n) is 3.87. The maximum atomic E-state index is 12.1. The topological polar surface area (TPSA) is 79.5 Å². The standard InChI is InChI=1S/C20H24ClN3O3/c1-14-4-7-17(12-18(14)21)23-13-19(25)24-16-8-5-15(6-9-16)20(26)22-10-3-11-27-2/h4-9,12,23H,3,10-11,13H2,1-2H3,(H,22,26)(H,24,25). The second kappa shape index (κ2) is 10.5. The Morgan fingerprint density at radius 3 is 2.44 bits per heavy atom. The van der Waals surface area contributed by atoms with E-state index in [9.17, 15) is 9.59 Å². The third-order valence-corrected chi connectivity index (χ3v) is 4.27. The number of anilines is 2. The van der Waals surface area contributed by atoms with Gasteiger partial charge in [-0.3, -0.25) is 9.59 Å². The summed E-state index contributed by atoms with van der Waals surface area (Å²) in [5.41, 5.74) is 2.92. The molecule has 0 unspecified atom stereocenters. The number of methoxy groups -OCH3 is 1. The van der Waals surface area contributed by atoms with Crippen LogP contribution in [0, 0.1) is 6.92 Å². The van der Waals surface area contributed by atoms with Crippen LogP contribution in [-0.2, 0) is 9.53 Å². The highest BCUT2D eigenvalue weighted by molar-refractivity contribution is 6.31. The summed E-state index contributed by atoms with van der Waals surface area (Å²) in [6.07, 6.45) is 0.759. The van der Waals surface area contributed by atoms with E-state index in [1.807, 2.05) is 19.1 Å². The number of carbonyl (C=O) groups excluding carboxylic acids is 2. The number of amides is 2. The number of hydrogen-bond donors (Lipinski definition) is 3. The van der Waals surface area contributed by atoms with Crippen molar-refractivity contribution in [2.24, 2.45) is 0 Å². The number of ether oxygens (including phenoxy) is 1. The predicted octanol–water partition coefficient (Wildman–Crippen LogP) is 3.47. The smallest absolute Gasteiger partial charge is 0.251 e. The highest BCUT2D eigenvalue weighted by Gasteiger charge is 2.07. The highest BCUT2D eigenvalue weighted by atomic mass is 35.5. The number of benzene rings is 2. The van der Waals surface area contributed by atoms with Crippen LogP contribution in [0.15, 0.2) is 42.5 Å². The van der Waals surface area contributed by atoms with Gasteiger partial charge in [-0.2, -0.15) is 0 Å². The molecule has 0 aliphatic rings. The van der Waals surface area contributed by atoms with Gasteiger partial charge in [-0.25, -0.2) is 0 Å². The van der Waals surface area contributed by atoms with Gasteiger partial charge in [-0.15, -0.1) is 0 Å². The molecular weight excluding hydrogens is 366 g/mol. The highest BCUT2D eigenvalue weighted by Crippen LogP contribution is 2.19. The first-order valence-electron chi connectivity index (χ1n) is 8.66. The fraction of sp³-hybridized carbons (Fsp3) is 0.300. The molecule has 2 aromatic rings. The van der Waals surface area contributed by atoms with Gasteiger partial charge in [0.25, 0.3) is 5.91 Å². The van der Waals surface area contributed by atoms with Gasteiger partial charge in [0.2, 0.25) is 5.91 Å². The van der Waals surface area contributed by atoms with Crippen molar-refractivity contribution in [3.8, 4) is 0 Å². The quantitative estimate of drug-likeness (QED) is 0.574. The van der Waals surface area contributed by atoms with Gasteiger partial charge in [0.05, 0.1) is 6.54 Å². The number of rotatable bonds is 9. The van der Waals surface area contributed by atoms with Crippen molar-refractivity contribution in [2.75, 3.05) is 37.4 Å². The van der Waals surface area contributed by atoms with Crippen LogP contribution in [0.25, 0.3) is 0 Å². The van der Waals surface area contributed by atoms with Gasteiger partial charge in [0.15, 0.2) is 0 Å². The zero-order valence-electron chi connectivity index (χ0n) is 15.5. The van der Waals surface area contributed by atoms with E-state index in [-0.39, 0.29) is 18.4 Å². The van der Waals surface area contributed by atoms with Crippen molar-refractivity contribution in [3.63, 3.8) is 0 Å². The molecule has 7 heteroatoms. The molecule has 0 aliphatic heterocycles. The monoisotopic (exact) mass is 389 g/mol. The van der Waals surface area contributed by atoms with E-state index in [1.165, 1.54) is 0 Å². The molecule has 6 nitrogen and oxygen atoms in total. The second-order valence-electron chi connectivity index (χ2n) is 6.05. The van der Waals surface area contributed by atoms with Crippen molar-refractivity contribution >= 4 is 34.8 Å². The first-order chi connectivity index (χ1) is 13.0. The summed E-state index contributed by atoms with van der Waals surface area (Å²) >= 11 is 6.07. The van der Waals surface area contributed by atoms with E-state index in [1.54, 1.807) is 37.4 Å². The van der Waals surface area contributed by atoms with E-state index >= 15 is 0 Å². The van der Waals surface area contributed by atoms with Gasteiger partial charge < -0.3 is 20.7 Å². The first-order valence-corrected chi connectivity index (χ1v) is 9.04. The largest absolute Gasteiger partial charge is 0.385 e. The Kier molecular flexibility index (Phi) is 8.10. The molecule has 0 radical (unpaired) electrons. The Labute approximate surface area is 164 Å². The Morgan fingerprint density at radius 1 is 1.07 bits per heavy atom. The molecule has 0 saturated heterocycles. The zero-order chi connectivity index (χ0) is 19.6. The molecule has 0 bridgehead atoms. The molecule has 2 amide bonds. The molecule has 0 heterocycles. The molecule has 2 aromatic carbocycles. The molecule has 0 spiro atoms. The summed E-state index contributed by atoms with van der Waals surface area (Å²) in [4.78, 5) is 24.1. The minimum absolute atomic E-state index is 0.112. The molecule has 0 atom stereocenters. The summed E-state index contributed by atoms with van der Waals surface area (Å²) in [5, 5.41) is 9.27. The third kappa shape index (κ3) is 6.92. The minimum atomic E-state index is -0.191. The molecule has 0 fully saturated rings. The molecule has 0 aromatic heterocycles. The average molecular weight is 390 g/mol. The summed E-state index contributed by atoms with van der Waals surface area (Å²) < 4.78 is 4.94. The number of nitrogens with one attached hydrogen (secondary N) is 3. The fourth-order valence-electron chi connectivity index (χ4n) is 2.32. The number of halogens is 1. The zero-order valence-corrected chi connectivity index (χ0v) is 16.2. The SMILES string of the molecule is COCCCNC(=O)c1ccc(NC(=O)CNc2ccc(C)c(Cl)c2)cc1. The van der Waals surface area contributed by atoms with Crippen molar-refractivity contribution < 1.29 is 14.3 Å². The molecule has 2 rings (SSSR count). The lowest BCUT2D eigenvalue weighted by Crippen LogP contribution is -2.25. The fourth-order valence-corrected chi connectivity index (χ4v) is 2.50. The molecule has 144 valence electrons. The van der Waals surface area contributed by atoms with Gasteiger partial charge in [0, 0.05) is 42.2 Å². The van der Waals surface area contributed by atoms with Crippen molar-refractivity contribution in [2.45, 2.75) is 13.3 Å². The van der Waals surface area contributed by atoms with Crippen molar-refractivity contribution in [1.29, 1.82) is 0 Å². The van der Waals surface area contributed by atoms with Crippen LogP contribution in [-0.4, -0.2) is 38.6 Å². The lowest BCUT2D eigenvalue weighted by atomic mass is 10.2. The average Bonchev–Trinajstić information content (AvgIpc) is 2.66. The van der Waals surface area contributed by atoms with E-state index in [0.29, 0.717) is 29.4 Å². The number of aryl methyl sites for hydroxylation is 1. The van der Waals surface area contributed by atoms with E-state index in [2.05, 4.69) is 16.0 Å².